The SMILES string of the molecule is CC(C)c1noc(N2CCC(C3CC3CCOc3ccc(CC(=O)N4CCC(F)(P)CC4)c(F)c3)CC2)n1. The summed E-state index contributed by atoms with van der Waals surface area (Å²) in [7, 11) is 2.22. The van der Waals surface area contributed by atoms with Crippen molar-refractivity contribution >= 4 is 21.2 Å². The van der Waals surface area contributed by atoms with E-state index in [-0.39, 0.29) is 18.2 Å². The zero-order chi connectivity index (χ0) is 26.9. The second kappa shape index (κ2) is 11.4. The smallest absolute Gasteiger partial charge is 0.324 e. The first-order valence-electron chi connectivity index (χ1n) is 13.9. The van der Waals surface area contributed by atoms with Gasteiger partial charge in [0.25, 0.3) is 0 Å². The van der Waals surface area contributed by atoms with E-state index in [4.69, 9.17) is 9.26 Å². The number of carbonyl (C=O) groups excluding carboxylic acids is 1. The molecule has 38 heavy (non-hydrogen) atoms. The van der Waals surface area contributed by atoms with Crippen molar-refractivity contribution in [1.82, 2.24) is 15.0 Å². The monoisotopic (exact) mass is 548 g/mol. The second-order valence-electron chi connectivity index (χ2n) is 11.6. The third-order valence-electron chi connectivity index (χ3n) is 8.41. The summed E-state index contributed by atoms with van der Waals surface area (Å²) >= 11 is 0. The van der Waals surface area contributed by atoms with Gasteiger partial charge in [0.05, 0.1) is 13.0 Å². The van der Waals surface area contributed by atoms with Gasteiger partial charge in [0.15, 0.2) is 5.82 Å². The van der Waals surface area contributed by atoms with E-state index in [0.29, 0.717) is 55.8 Å². The highest BCUT2D eigenvalue weighted by Crippen LogP contribution is 2.50. The molecule has 0 spiro atoms. The van der Waals surface area contributed by atoms with Gasteiger partial charge in [-0.1, -0.05) is 34.3 Å². The van der Waals surface area contributed by atoms with Gasteiger partial charge in [-0.25, -0.2) is 8.78 Å². The van der Waals surface area contributed by atoms with Crippen LogP contribution in [0.4, 0.5) is 14.8 Å². The molecule has 3 heterocycles. The van der Waals surface area contributed by atoms with Gasteiger partial charge in [0.1, 0.15) is 17.0 Å². The number of rotatable bonds is 9. The lowest BCUT2D eigenvalue weighted by atomic mass is 9.90. The highest BCUT2D eigenvalue weighted by Gasteiger charge is 2.43. The summed E-state index contributed by atoms with van der Waals surface area (Å²) in [6.45, 7) is 7.31. The number of nitrogens with zero attached hydrogens (tertiary/aromatic N) is 4. The highest BCUT2D eigenvalue weighted by molar-refractivity contribution is 7.18. The van der Waals surface area contributed by atoms with E-state index in [9.17, 15) is 13.6 Å². The summed E-state index contributed by atoms with van der Waals surface area (Å²) in [5.74, 6) is 3.04. The van der Waals surface area contributed by atoms with Crippen LogP contribution in [-0.4, -0.2) is 59.1 Å². The van der Waals surface area contributed by atoms with E-state index in [1.165, 1.54) is 12.5 Å². The van der Waals surface area contributed by atoms with Crippen molar-refractivity contribution in [2.45, 2.75) is 70.1 Å². The average molecular weight is 549 g/mol. The molecule has 2 aliphatic heterocycles. The van der Waals surface area contributed by atoms with Gasteiger partial charge in [-0.15, -0.1) is 0 Å². The number of piperidine rings is 2. The van der Waals surface area contributed by atoms with Crippen LogP contribution in [0.5, 0.6) is 5.75 Å². The maximum atomic E-state index is 14.7. The first-order valence-corrected chi connectivity index (χ1v) is 14.5. The van der Waals surface area contributed by atoms with Crippen molar-refractivity contribution in [3.8, 4) is 5.75 Å². The Bertz CT molecular complexity index is 1110. The molecule has 1 aromatic carbocycles. The lowest BCUT2D eigenvalue weighted by molar-refractivity contribution is -0.132. The summed E-state index contributed by atoms with van der Waals surface area (Å²) in [4.78, 5) is 20.9. The van der Waals surface area contributed by atoms with Gasteiger partial charge < -0.3 is 19.1 Å². The number of carbonyl (C=O) groups is 1. The van der Waals surface area contributed by atoms with Crippen LogP contribution in [0, 0.1) is 23.6 Å². The Balaban J connectivity index is 1.01. The number of hydrogen-bond acceptors (Lipinski definition) is 6. The molecule has 2 aromatic rings. The van der Waals surface area contributed by atoms with Gasteiger partial charge in [-0.3, -0.25) is 4.79 Å². The molecule has 7 nitrogen and oxygen atoms in total. The number of benzene rings is 1. The fourth-order valence-corrected chi connectivity index (χ4v) is 6.04. The first kappa shape index (κ1) is 27.3. The van der Waals surface area contributed by atoms with Gasteiger partial charge in [0, 0.05) is 51.0 Å². The van der Waals surface area contributed by atoms with E-state index in [1.54, 1.807) is 17.0 Å². The first-order chi connectivity index (χ1) is 18.2. The van der Waals surface area contributed by atoms with E-state index in [0.717, 1.165) is 50.0 Å². The van der Waals surface area contributed by atoms with Crippen molar-refractivity contribution in [2.24, 2.45) is 17.8 Å². The van der Waals surface area contributed by atoms with Crippen LogP contribution in [0.15, 0.2) is 22.7 Å². The number of likely N-dealkylation sites (tertiary alicyclic amines) is 1. The Kier molecular flexibility index (Phi) is 8.22. The number of aromatic nitrogens is 2. The standard InChI is InChI=1S/C28H39F2N4O3P/c1-18(2)26-31-27(37-32-26)34-10-5-19(6-11-34)23-15-20(23)7-14-36-22-4-3-21(24(29)17-22)16-25(35)33-12-8-28(30,38)9-13-33/h3-4,17-20,23H,5-16,38H2,1-2H3. The summed E-state index contributed by atoms with van der Waals surface area (Å²) in [6.07, 6.45) is 5.04. The van der Waals surface area contributed by atoms with E-state index in [2.05, 4.69) is 38.1 Å². The van der Waals surface area contributed by atoms with Gasteiger partial charge in [-0.05, 0) is 55.1 Å². The molecule has 0 N–H and O–H groups in total. The fraction of sp³-hybridized carbons (Fsp3) is 0.679. The third kappa shape index (κ3) is 6.64. The minimum atomic E-state index is -1.30. The van der Waals surface area contributed by atoms with Crippen LogP contribution < -0.4 is 9.64 Å². The van der Waals surface area contributed by atoms with Gasteiger partial charge in [0.2, 0.25) is 5.91 Å². The Hall–Kier alpha value is -2.28. The molecule has 1 aliphatic carbocycles. The molecule has 0 bridgehead atoms. The number of hydrogen-bond donors (Lipinski definition) is 0. The van der Waals surface area contributed by atoms with Crippen LogP contribution >= 0.6 is 9.24 Å². The zero-order valence-corrected chi connectivity index (χ0v) is 23.5. The lowest BCUT2D eigenvalue weighted by Gasteiger charge is -2.34. The van der Waals surface area contributed by atoms with Crippen molar-refractivity contribution in [3.63, 3.8) is 0 Å². The highest BCUT2D eigenvalue weighted by atomic mass is 31.0. The predicted octanol–water partition coefficient (Wildman–Crippen LogP) is 5.36. The fourth-order valence-electron chi connectivity index (χ4n) is 5.78. The molecular weight excluding hydrogens is 509 g/mol. The maximum absolute atomic E-state index is 14.7. The van der Waals surface area contributed by atoms with Crippen LogP contribution in [0.25, 0.3) is 0 Å². The lowest BCUT2D eigenvalue weighted by Crippen LogP contribution is -2.42. The van der Waals surface area contributed by atoms with Crippen molar-refractivity contribution in [1.29, 1.82) is 0 Å². The average Bonchev–Trinajstić information content (AvgIpc) is 3.47. The van der Waals surface area contributed by atoms with Gasteiger partial charge in [-0.2, -0.15) is 4.98 Å². The largest absolute Gasteiger partial charge is 0.493 e. The second-order valence-corrected chi connectivity index (χ2v) is 12.6. The van der Waals surface area contributed by atoms with E-state index < -0.39 is 11.2 Å². The Morgan fingerprint density at radius 1 is 1.24 bits per heavy atom. The molecule has 1 aromatic heterocycles. The number of alkyl halides is 1. The molecule has 1 amide bonds. The van der Waals surface area contributed by atoms with Crippen LogP contribution in [0.3, 0.4) is 0 Å². The molecule has 2 saturated heterocycles. The van der Waals surface area contributed by atoms with Gasteiger partial charge >= 0.3 is 6.01 Å². The Labute approximate surface area is 225 Å². The predicted molar refractivity (Wildman–Crippen MR) is 144 cm³/mol. The molecular formula is C28H39F2N4O3P. The number of ether oxygens (including phenoxy) is 1. The summed E-state index contributed by atoms with van der Waals surface area (Å²) in [6, 6.07) is 5.38. The van der Waals surface area contributed by atoms with Crippen molar-refractivity contribution in [3.05, 3.63) is 35.4 Å². The molecule has 3 unspecified atom stereocenters. The number of halogens is 2. The van der Waals surface area contributed by atoms with Crippen molar-refractivity contribution in [2.75, 3.05) is 37.7 Å². The molecule has 10 heteroatoms. The number of anilines is 1. The molecule has 0 radical (unpaired) electrons. The van der Waals surface area contributed by atoms with Crippen LogP contribution in [0.2, 0.25) is 0 Å². The quantitative estimate of drug-likeness (QED) is 0.393. The molecule has 208 valence electrons. The minimum Gasteiger partial charge on any atom is -0.493 e. The van der Waals surface area contributed by atoms with Crippen LogP contribution in [-0.2, 0) is 11.2 Å². The Morgan fingerprint density at radius 2 is 1.97 bits per heavy atom. The van der Waals surface area contributed by atoms with Crippen molar-refractivity contribution < 1.29 is 22.8 Å². The van der Waals surface area contributed by atoms with Crippen LogP contribution in [0.1, 0.15) is 69.7 Å². The van der Waals surface area contributed by atoms with E-state index in [1.807, 2.05) is 0 Å². The minimum absolute atomic E-state index is 0.0176. The number of amides is 1. The van der Waals surface area contributed by atoms with E-state index >= 15 is 0 Å². The normalized spacial score (nSPS) is 23.6. The maximum Gasteiger partial charge on any atom is 0.324 e. The third-order valence-corrected chi connectivity index (χ3v) is 8.99. The molecule has 3 fully saturated rings. The summed E-state index contributed by atoms with van der Waals surface area (Å²) in [5.41, 5.74) is 0.347. The molecule has 3 atom stereocenters. The molecule has 1 saturated carbocycles. The zero-order valence-electron chi connectivity index (χ0n) is 22.4. The topological polar surface area (TPSA) is 71.7 Å². The molecule has 5 rings (SSSR count). The Morgan fingerprint density at radius 3 is 2.63 bits per heavy atom. The summed E-state index contributed by atoms with van der Waals surface area (Å²) < 4.78 is 39.9. The summed E-state index contributed by atoms with van der Waals surface area (Å²) in [5, 5.41) is 2.78. The molecule has 3 aliphatic rings.